The van der Waals surface area contributed by atoms with Gasteiger partial charge >= 0.3 is 0 Å². The lowest BCUT2D eigenvalue weighted by Crippen LogP contribution is -2.41. The standard InChI is InChI=1S/C16H23N5O4/c1-12(22)20-2-3-21(11-13(23)10-20)15-9-17-8-14(18-15)16(24)19-4-6-25-7-5-19/h8-9,13,23H,2-7,10-11H2,1H3/t13-/m0/s1. The maximum atomic E-state index is 12.6. The number of carbonyl (C=O) groups is 2. The molecule has 2 aliphatic heterocycles. The van der Waals surface area contributed by atoms with Gasteiger partial charge in [-0.3, -0.25) is 14.6 Å². The van der Waals surface area contributed by atoms with E-state index < -0.39 is 6.10 Å². The van der Waals surface area contributed by atoms with Gasteiger partial charge in [0.05, 0.1) is 31.7 Å². The predicted molar refractivity (Wildman–Crippen MR) is 89.2 cm³/mol. The number of β-amino-alcohol motifs (C(OH)–C–C–N with tert-alkyl or cyclic N) is 1. The molecule has 2 fully saturated rings. The van der Waals surface area contributed by atoms with Crippen LogP contribution < -0.4 is 4.90 Å². The van der Waals surface area contributed by atoms with Crippen molar-refractivity contribution in [2.24, 2.45) is 0 Å². The van der Waals surface area contributed by atoms with E-state index in [0.717, 1.165) is 0 Å². The first kappa shape index (κ1) is 17.6. The fourth-order valence-electron chi connectivity index (χ4n) is 3.02. The van der Waals surface area contributed by atoms with Crippen molar-refractivity contribution < 1.29 is 19.4 Å². The van der Waals surface area contributed by atoms with E-state index in [-0.39, 0.29) is 17.5 Å². The Morgan fingerprint density at radius 3 is 2.60 bits per heavy atom. The number of nitrogens with zero attached hydrogens (tertiary/aromatic N) is 5. The van der Waals surface area contributed by atoms with E-state index in [0.29, 0.717) is 58.3 Å². The number of ether oxygens (including phenoxy) is 1. The van der Waals surface area contributed by atoms with Crippen LogP contribution in [0.15, 0.2) is 12.4 Å². The van der Waals surface area contributed by atoms with Gasteiger partial charge in [-0.15, -0.1) is 0 Å². The van der Waals surface area contributed by atoms with Gasteiger partial charge in [-0.2, -0.15) is 0 Å². The first-order chi connectivity index (χ1) is 12.0. The van der Waals surface area contributed by atoms with Gasteiger partial charge in [0.2, 0.25) is 5.91 Å². The highest BCUT2D eigenvalue weighted by Gasteiger charge is 2.25. The molecular formula is C16H23N5O4. The van der Waals surface area contributed by atoms with Crippen molar-refractivity contribution >= 4 is 17.6 Å². The fourth-order valence-corrected chi connectivity index (χ4v) is 3.02. The summed E-state index contributed by atoms with van der Waals surface area (Å²) in [6.07, 6.45) is 2.36. The number of hydrogen-bond donors (Lipinski definition) is 1. The van der Waals surface area contributed by atoms with E-state index in [2.05, 4.69) is 9.97 Å². The number of rotatable bonds is 2. The van der Waals surface area contributed by atoms with Crippen molar-refractivity contribution in [3.05, 3.63) is 18.1 Å². The van der Waals surface area contributed by atoms with Crippen LogP contribution in [0.5, 0.6) is 0 Å². The van der Waals surface area contributed by atoms with Crippen molar-refractivity contribution in [1.29, 1.82) is 0 Å². The number of aromatic nitrogens is 2. The first-order valence-corrected chi connectivity index (χ1v) is 8.42. The minimum Gasteiger partial charge on any atom is -0.389 e. The summed E-state index contributed by atoms with van der Waals surface area (Å²) in [6.45, 7) is 5.29. The molecule has 136 valence electrons. The summed E-state index contributed by atoms with van der Waals surface area (Å²) in [4.78, 5) is 37.9. The topological polar surface area (TPSA) is 99.1 Å². The number of hydrogen-bond acceptors (Lipinski definition) is 7. The third-order valence-electron chi connectivity index (χ3n) is 4.41. The number of morpholine rings is 1. The zero-order valence-electron chi connectivity index (χ0n) is 14.3. The average molecular weight is 349 g/mol. The Labute approximate surface area is 146 Å². The van der Waals surface area contributed by atoms with E-state index in [1.165, 1.54) is 13.1 Å². The SMILES string of the molecule is CC(=O)N1CCN(c2cncc(C(=O)N3CCOCC3)n2)C[C@@H](O)C1. The number of anilines is 1. The van der Waals surface area contributed by atoms with E-state index in [1.54, 1.807) is 16.0 Å². The highest BCUT2D eigenvalue weighted by Crippen LogP contribution is 2.15. The second kappa shape index (κ2) is 7.75. The molecule has 25 heavy (non-hydrogen) atoms. The van der Waals surface area contributed by atoms with Crippen molar-refractivity contribution in [3.8, 4) is 0 Å². The van der Waals surface area contributed by atoms with E-state index in [1.807, 2.05) is 4.90 Å². The Hall–Kier alpha value is -2.26. The van der Waals surface area contributed by atoms with Gasteiger partial charge in [0, 0.05) is 46.2 Å². The highest BCUT2D eigenvalue weighted by atomic mass is 16.5. The second-order valence-corrected chi connectivity index (χ2v) is 6.23. The van der Waals surface area contributed by atoms with Gasteiger partial charge in [0.1, 0.15) is 11.5 Å². The molecule has 0 bridgehead atoms. The lowest BCUT2D eigenvalue weighted by molar-refractivity contribution is -0.129. The minimum absolute atomic E-state index is 0.0665. The zero-order chi connectivity index (χ0) is 17.8. The zero-order valence-corrected chi connectivity index (χ0v) is 14.3. The van der Waals surface area contributed by atoms with Crippen molar-refractivity contribution in [2.75, 3.05) is 57.4 Å². The fraction of sp³-hybridized carbons (Fsp3) is 0.625. The van der Waals surface area contributed by atoms with Crippen molar-refractivity contribution in [3.63, 3.8) is 0 Å². The maximum absolute atomic E-state index is 12.6. The molecule has 0 saturated carbocycles. The summed E-state index contributed by atoms with van der Waals surface area (Å²) < 4.78 is 5.26. The van der Waals surface area contributed by atoms with Gasteiger partial charge in [-0.1, -0.05) is 0 Å². The largest absolute Gasteiger partial charge is 0.389 e. The molecular weight excluding hydrogens is 326 g/mol. The molecule has 1 aromatic heterocycles. The van der Waals surface area contributed by atoms with Crippen LogP contribution in [-0.2, 0) is 9.53 Å². The minimum atomic E-state index is -0.674. The van der Waals surface area contributed by atoms with Crippen LogP contribution in [0.25, 0.3) is 0 Å². The molecule has 0 spiro atoms. The lowest BCUT2D eigenvalue weighted by Gasteiger charge is -2.27. The van der Waals surface area contributed by atoms with Gasteiger partial charge < -0.3 is 24.5 Å². The van der Waals surface area contributed by atoms with E-state index >= 15 is 0 Å². The Bertz CT molecular complexity index is 635. The van der Waals surface area contributed by atoms with Gasteiger partial charge in [0.15, 0.2) is 0 Å². The van der Waals surface area contributed by atoms with E-state index in [4.69, 9.17) is 4.74 Å². The van der Waals surface area contributed by atoms with Crippen LogP contribution in [0, 0.1) is 0 Å². The van der Waals surface area contributed by atoms with Crippen LogP contribution in [0.4, 0.5) is 5.82 Å². The molecule has 3 rings (SSSR count). The molecule has 1 N–H and O–H groups in total. The van der Waals surface area contributed by atoms with Gasteiger partial charge in [-0.25, -0.2) is 4.98 Å². The van der Waals surface area contributed by atoms with Crippen LogP contribution in [-0.4, -0.2) is 95.3 Å². The molecule has 1 atom stereocenters. The summed E-state index contributed by atoms with van der Waals surface area (Å²) in [5, 5.41) is 10.1. The highest BCUT2D eigenvalue weighted by molar-refractivity contribution is 5.92. The monoisotopic (exact) mass is 349 g/mol. The third kappa shape index (κ3) is 4.23. The first-order valence-electron chi connectivity index (χ1n) is 8.42. The Kier molecular flexibility index (Phi) is 5.44. The normalized spacial score (nSPS) is 21.8. The van der Waals surface area contributed by atoms with Crippen LogP contribution >= 0.6 is 0 Å². The summed E-state index contributed by atoms with van der Waals surface area (Å²) in [5.74, 6) is 0.296. The summed E-state index contributed by atoms with van der Waals surface area (Å²) in [6, 6.07) is 0. The average Bonchev–Trinajstić information content (AvgIpc) is 2.84. The number of carbonyl (C=O) groups excluding carboxylic acids is 2. The number of aliphatic hydroxyl groups excluding tert-OH is 1. The molecule has 2 aliphatic rings. The smallest absolute Gasteiger partial charge is 0.274 e. The molecule has 2 saturated heterocycles. The van der Waals surface area contributed by atoms with Crippen LogP contribution in [0.1, 0.15) is 17.4 Å². The maximum Gasteiger partial charge on any atom is 0.274 e. The Morgan fingerprint density at radius 1 is 1.12 bits per heavy atom. The molecule has 0 aromatic carbocycles. The molecule has 0 radical (unpaired) electrons. The predicted octanol–water partition coefficient (Wildman–Crippen LogP) is -1.02. The Balaban J connectivity index is 1.74. The van der Waals surface area contributed by atoms with Gasteiger partial charge in [0.25, 0.3) is 5.91 Å². The van der Waals surface area contributed by atoms with Crippen molar-refractivity contribution in [1.82, 2.24) is 19.8 Å². The molecule has 9 heteroatoms. The molecule has 3 heterocycles. The molecule has 0 unspecified atom stereocenters. The van der Waals surface area contributed by atoms with Crippen LogP contribution in [0.3, 0.4) is 0 Å². The lowest BCUT2D eigenvalue weighted by atomic mass is 10.3. The summed E-state index contributed by atoms with van der Waals surface area (Å²) in [5.41, 5.74) is 0.279. The Morgan fingerprint density at radius 2 is 1.88 bits per heavy atom. The molecule has 9 nitrogen and oxygen atoms in total. The number of aliphatic hydroxyl groups is 1. The molecule has 1 aromatic rings. The molecule has 0 aliphatic carbocycles. The quantitative estimate of drug-likeness (QED) is 0.729. The third-order valence-corrected chi connectivity index (χ3v) is 4.41. The second-order valence-electron chi connectivity index (χ2n) is 6.23. The molecule has 2 amide bonds. The van der Waals surface area contributed by atoms with Crippen LogP contribution in [0.2, 0.25) is 0 Å². The van der Waals surface area contributed by atoms with Gasteiger partial charge in [-0.05, 0) is 0 Å². The number of amides is 2. The van der Waals surface area contributed by atoms with Crippen molar-refractivity contribution in [2.45, 2.75) is 13.0 Å². The summed E-state index contributed by atoms with van der Waals surface area (Å²) >= 11 is 0. The summed E-state index contributed by atoms with van der Waals surface area (Å²) in [7, 11) is 0. The van der Waals surface area contributed by atoms with E-state index in [9.17, 15) is 14.7 Å².